The van der Waals surface area contributed by atoms with Gasteiger partial charge in [0.25, 0.3) is 5.91 Å². The van der Waals surface area contributed by atoms with Crippen LogP contribution < -0.4 is 10.6 Å². The first-order valence-electron chi connectivity index (χ1n) is 9.40. The predicted molar refractivity (Wildman–Crippen MR) is 120 cm³/mol. The van der Waals surface area contributed by atoms with Crippen molar-refractivity contribution in [1.29, 1.82) is 0 Å². The Morgan fingerprint density at radius 2 is 2.19 bits per heavy atom. The summed E-state index contributed by atoms with van der Waals surface area (Å²) >= 11 is 7.45. The zero-order chi connectivity index (χ0) is 22.0. The molecule has 0 atom stereocenters. The van der Waals surface area contributed by atoms with Gasteiger partial charge in [-0.1, -0.05) is 17.7 Å². The summed E-state index contributed by atoms with van der Waals surface area (Å²) in [6, 6.07) is 8.11. The van der Waals surface area contributed by atoms with Crippen LogP contribution in [-0.4, -0.2) is 40.9 Å². The van der Waals surface area contributed by atoms with Gasteiger partial charge in [-0.2, -0.15) is 5.10 Å². The molecule has 7 nitrogen and oxygen atoms in total. The molecule has 0 spiro atoms. The van der Waals surface area contributed by atoms with Crippen molar-refractivity contribution in [3.05, 3.63) is 63.3 Å². The van der Waals surface area contributed by atoms with Crippen LogP contribution in [0.2, 0.25) is 5.02 Å². The molecule has 0 radical (unpaired) electrons. The average Bonchev–Trinajstić information content (AvgIpc) is 3.38. The number of hydrogen-bond acceptors (Lipinski definition) is 6. The molecule has 0 unspecified atom stereocenters. The van der Waals surface area contributed by atoms with Gasteiger partial charge in [-0.3, -0.25) is 4.79 Å². The zero-order valence-corrected chi connectivity index (χ0v) is 18.4. The maximum atomic E-state index is 14.2. The summed E-state index contributed by atoms with van der Waals surface area (Å²) in [5.41, 5.74) is 2.85. The average molecular weight is 459 g/mol. The van der Waals surface area contributed by atoms with E-state index in [1.54, 1.807) is 36.2 Å². The minimum Gasteiger partial charge on any atom is -0.383 e. The molecule has 0 fully saturated rings. The van der Waals surface area contributed by atoms with Crippen LogP contribution in [0, 0.1) is 12.7 Å². The Kier molecular flexibility index (Phi) is 6.17. The van der Waals surface area contributed by atoms with Gasteiger partial charge < -0.3 is 15.4 Å². The van der Waals surface area contributed by atoms with Gasteiger partial charge in [-0.25, -0.2) is 14.1 Å². The number of nitrogens with zero attached hydrogens (tertiary/aromatic N) is 3. The molecule has 0 aliphatic rings. The van der Waals surface area contributed by atoms with Gasteiger partial charge >= 0.3 is 0 Å². The first kappa shape index (κ1) is 21.2. The highest BCUT2D eigenvalue weighted by atomic mass is 35.5. The van der Waals surface area contributed by atoms with Crippen molar-refractivity contribution in [2.75, 3.05) is 25.6 Å². The van der Waals surface area contributed by atoms with E-state index in [1.807, 2.05) is 18.4 Å². The Hall–Kier alpha value is -3.01. The zero-order valence-electron chi connectivity index (χ0n) is 16.8. The summed E-state index contributed by atoms with van der Waals surface area (Å²) in [5.74, 6) is -0.612. The summed E-state index contributed by atoms with van der Waals surface area (Å²) in [5, 5.41) is 13.1. The number of aryl methyl sites for hydroxylation is 1. The van der Waals surface area contributed by atoms with Crippen LogP contribution in [0.4, 0.5) is 15.8 Å². The maximum absolute atomic E-state index is 14.2. The topological polar surface area (TPSA) is 81.1 Å². The molecular weight excluding hydrogens is 440 g/mol. The van der Waals surface area contributed by atoms with Crippen molar-refractivity contribution in [2.45, 2.75) is 6.92 Å². The molecule has 0 bridgehead atoms. The quantitative estimate of drug-likeness (QED) is 0.392. The Morgan fingerprint density at radius 1 is 1.35 bits per heavy atom. The van der Waals surface area contributed by atoms with Gasteiger partial charge in [0.1, 0.15) is 5.82 Å². The van der Waals surface area contributed by atoms with Crippen molar-refractivity contribution in [3.8, 4) is 5.69 Å². The third kappa shape index (κ3) is 4.39. The number of methoxy groups -OCH3 is 1. The van der Waals surface area contributed by atoms with Crippen molar-refractivity contribution in [1.82, 2.24) is 20.1 Å². The van der Waals surface area contributed by atoms with Crippen LogP contribution in [0.1, 0.15) is 15.4 Å². The Bertz CT molecular complexity index is 1240. The fraction of sp³-hybridized carbons (Fsp3) is 0.190. The molecule has 160 valence electrons. The van der Waals surface area contributed by atoms with E-state index in [0.29, 0.717) is 35.1 Å². The van der Waals surface area contributed by atoms with E-state index < -0.39 is 5.82 Å². The van der Waals surface area contributed by atoms with E-state index in [2.05, 4.69) is 20.7 Å². The molecule has 1 amide bonds. The lowest BCUT2D eigenvalue weighted by Gasteiger charge is -2.12. The van der Waals surface area contributed by atoms with E-state index in [4.69, 9.17) is 16.3 Å². The van der Waals surface area contributed by atoms with Crippen LogP contribution in [0.3, 0.4) is 0 Å². The fourth-order valence-electron chi connectivity index (χ4n) is 3.02. The number of amides is 1. The minimum atomic E-state index is -0.447. The smallest absolute Gasteiger partial charge is 0.261 e. The summed E-state index contributed by atoms with van der Waals surface area (Å²) < 4.78 is 20.8. The van der Waals surface area contributed by atoms with Crippen molar-refractivity contribution in [3.63, 3.8) is 0 Å². The number of benzene rings is 1. The van der Waals surface area contributed by atoms with Gasteiger partial charge in [0.15, 0.2) is 5.65 Å². The number of hydrogen-bond donors (Lipinski definition) is 2. The number of para-hydroxylation sites is 1. The van der Waals surface area contributed by atoms with Crippen LogP contribution in [0.25, 0.3) is 16.7 Å². The largest absolute Gasteiger partial charge is 0.383 e. The van der Waals surface area contributed by atoms with Crippen molar-refractivity contribution >= 4 is 51.3 Å². The number of fused-ring (bicyclic) bond motifs is 1. The number of aromatic nitrogens is 3. The van der Waals surface area contributed by atoms with Gasteiger partial charge in [-0.15, -0.1) is 11.3 Å². The van der Waals surface area contributed by atoms with E-state index in [0.717, 1.165) is 11.1 Å². The highest BCUT2D eigenvalue weighted by Crippen LogP contribution is 2.31. The normalized spacial score (nSPS) is 11.1. The molecule has 3 aromatic heterocycles. The molecule has 0 aliphatic carbocycles. The standard InChI is InChI=1S/C21H19ClFN5O2S/c1-12-17(27-19-15(22)4-3-5-16(19)23)8-13-10-25-28(20(13)26-12)14-9-18(31-11-14)21(29)24-6-7-30-2/h3-5,8-11,27H,6-7H2,1-2H3,(H,24,29)/i23-1. The second-order valence-electron chi connectivity index (χ2n) is 6.73. The lowest BCUT2D eigenvalue weighted by Crippen LogP contribution is -2.26. The third-order valence-corrected chi connectivity index (χ3v) is 5.83. The molecule has 3 heterocycles. The maximum Gasteiger partial charge on any atom is 0.261 e. The molecule has 4 aromatic rings. The SMILES string of the molecule is COCCNC(=O)c1cc(-n2ncc3cc(Nc4c([18F])cccc4Cl)c(C)nc32)cs1. The lowest BCUT2D eigenvalue weighted by molar-refractivity contribution is 0.0941. The van der Waals surface area contributed by atoms with Gasteiger partial charge in [0, 0.05) is 24.4 Å². The van der Waals surface area contributed by atoms with E-state index >= 15 is 0 Å². The fourth-order valence-corrected chi connectivity index (χ4v) is 4.02. The van der Waals surface area contributed by atoms with Crippen LogP contribution >= 0.6 is 22.9 Å². The van der Waals surface area contributed by atoms with Gasteiger partial charge in [-0.05, 0) is 31.2 Å². The number of carbonyl (C=O) groups is 1. The number of carbonyl (C=O) groups excluding carboxylic acids is 1. The number of ether oxygens (including phenoxy) is 1. The summed E-state index contributed by atoms with van der Waals surface area (Å²) in [6.45, 7) is 2.71. The minimum absolute atomic E-state index is 0.165. The summed E-state index contributed by atoms with van der Waals surface area (Å²) in [7, 11) is 1.58. The van der Waals surface area contributed by atoms with Gasteiger partial charge in [0.05, 0.1) is 45.5 Å². The molecule has 1 aromatic carbocycles. The number of thiophene rings is 1. The Labute approximate surface area is 186 Å². The molecule has 10 heteroatoms. The number of anilines is 2. The Balaban J connectivity index is 1.62. The highest BCUT2D eigenvalue weighted by Gasteiger charge is 2.15. The first-order chi connectivity index (χ1) is 15.0. The number of rotatable bonds is 7. The molecule has 31 heavy (non-hydrogen) atoms. The van der Waals surface area contributed by atoms with Crippen LogP contribution in [0.15, 0.2) is 41.9 Å². The third-order valence-electron chi connectivity index (χ3n) is 4.60. The van der Waals surface area contributed by atoms with Crippen molar-refractivity contribution in [2.24, 2.45) is 0 Å². The lowest BCUT2D eigenvalue weighted by atomic mass is 10.2. The highest BCUT2D eigenvalue weighted by molar-refractivity contribution is 7.12. The molecule has 0 saturated carbocycles. The predicted octanol–water partition coefficient (Wildman–Crippen LogP) is 4.70. The number of nitrogens with one attached hydrogen (secondary N) is 2. The number of pyridine rings is 1. The van der Waals surface area contributed by atoms with E-state index in [1.165, 1.54) is 17.4 Å². The molecule has 4 rings (SSSR count). The van der Waals surface area contributed by atoms with Crippen molar-refractivity contribution < 1.29 is 13.9 Å². The Morgan fingerprint density at radius 3 is 2.97 bits per heavy atom. The molecular formula is C21H19ClFN5O2S. The first-order valence-corrected chi connectivity index (χ1v) is 10.7. The number of halogens is 2. The second kappa shape index (κ2) is 9.01. The summed E-state index contributed by atoms with van der Waals surface area (Å²) in [6.07, 6.45) is 1.67. The molecule has 2 N–H and O–H groups in total. The van der Waals surface area contributed by atoms with Crippen LogP contribution in [-0.2, 0) is 4.74 Å². The molecule has 0 saturated heterocycles. The molecule has 0 aliphatic heterocycles. The van der Waals surface area contributed by atoms with Crippen LogP contribution in [0.5, 0.6) is 0 Å². The van der Waals surface area contributed by atoms with E-state index in [-0.39, 0.29) is 16.6 Å². The second-order valence-corrected chi connectivity index (χ2v) is 8.05. The monoisotopic (exact) mass is 458 g/mol. The van der Waals surface area contributed by atoms with E-state index in [9.17, 15) is 9.18 Å². The van der Waals surface area contributed by atoms with Gasteiger partial charge in [0.2, 0.25) is 0 Å². The summed E-state index contributed by atoms with van der Waals surface area (Å²) in [4.78, 5) is 17.5.